The minimum Gasteiger partial charge on any atom is -0.341 e. The Morgan fingerprint density at radius 3 is 2.70 bits per heavy atom. The van der Waals surface area contributed by atoms with Crippen molar-refractivity contribution in [3.8, 4) is 0 Å². The van der Waals surface area contributed by atoms with E-state index in [0.717, 1.165) is 44.5 Å². The number of hydrogen-bond acceptors (Lipinski definition) is 4. The molecular weight excluding hydrogens is 248 g/mol. The molecule has 1 aromatic heterocycles. The molecule has 1 fully saturated rings. The van der Waals surface area contributed by atoms with Gasteiger partial charge in [-0.1, -0.05) is 20.3 Å². The highest BCUT2D eigenvalue weighted by Crippen LogP contribution is 2.22. The molecule has 0 bridgehead atoms. The Labute approximate surface area is 123 Å². The van der Waals surface area contributed by atoms with E-state index in [-0.39, 0.29) is 0 Å². The highest BCUT2D eigenvalue weighted by Gasteiger charge is 2.17. The molecule has 0 spiro atoms. The van der Waals surface area contributed by atoms with E-state index in [0.29, 0.717) is 0 Å². The summed E-state index contributed by atoms with van der Waals surface area (Å²) in [4.78, 5) is 11.4. The van der Waals surface area contributed by atoms with Gasteiger partial charge >= 0.3 is 0 Å². The van der Waals surface area contributed by atoms with Crippen molar-refractivity contribution < 1.29 is 0 Å². The first-order valence-electron chi connectivity index (χ1n) is 8.10. The zero-order chi connectivity index (χ0) is 14.2. The summed E-state index contributed by atoms with van der Waals surface area (Å²) in [6, 6.07) is 0. The molecule has 20 heavy (non-hydrogen) atoms. The van der Waals surface area contributed by atoms with Gasteiger partial charge in [0.25, 0.3) is 0 Å². The highest BCUT2D eigenvalue weighted by atomic mass is 15.2. The minimum atomic E-state index is 0.867. The maximum atomic E-state index is 4.55. The Morgan fingerprint density at radius 2 is 2.00 bits per heavy atom. The van der Waals surface area contributed by atoms with Gasteiger partial charge in [0, 0.05) is 37.6 Å². The molecular formula is C16H28N4. The Balaban J connectivity index is 1.88. The molecule has 1 saturated heterocycles. The molecule has 1 aliphatic rings. The second kappa shape index (κ2) is 8.20. The number of nitrogens with one attached hydrogen (secondary N) is 1. The lowest BCUT2D eigenvalue weighted by Crippen LogP contribution is -2.26. The lowest BCUT2D eigenvalue weighted by molar-refractivity contribution is 0.459. The van der Waals surface area contributed by atoms with Crippen LogP contribution >= 0.6 is 0 Å². The maximum Gasteiger partial charge on any atom is 0.225 e. The summed E-state index contributed by atoms with van der Waals surface area (Å²) in [5.74, 6) is 1.79. The van der Waals surface area contributed by atoms with Crippen LogP contribution in [0.4, 0.5) is 5.95 Å². The molecule has 2 rings (SSSR count). The first-order chi connectivity index (χ1) is 9.83. The summed E-state index contributed by atoms with van der Waals surface area (Å²) in [5.41, 5.74) is 1.17. The second-order valence-corrected chi connectivity index (χ2v) is 5.76. The van der Waals surface area contributed by atoms with Crippen LogP contribution in [0, 0.1) is 5.92 Å². The Kier molecular flexibility index (Phi) is 6.25. The van der Waals surface area contributed by atoms with E-state index >= 15 is 0 Å². The summed E-state index contributed by atoms with van der Waals surface area (Å²) in [7, 11) is 0. The van der Waals surface area contributed by atoms with Gasteiger partial charge in [0.1, 0.15) is 0 Å². The Bertz CT molecular complexity index is 377. The number of nitrogens with zero attached hydrogens (tertiary/aromatic N) is 3. The number of rotatable bonds is 6. The first-order valence-corrected chi connectivity index (χ1v) is 8.10. The van der Waals surface area contributed by atoms with Gasteiger partial charge in [0.2, 0.25) is 5.95 Å². The topological polar surface area (TPSA) is 41.1 Å². The van der Waals surface area contributed by atoms with E-state index in [2.05, 4.69) is 34.0 Å². The first kappa shape index (κ1) is 15.2. The van der Waals surface area contributed by atoms with Crippen molar-refractivity contribution in [2.24, 2.45) is 5.92 Å². The molecule has 0 aliphatic carbocycles. The summed E-state index contributed by atoms with van der Waals surface area (Å²) in [5, 5.41) is 3.38. The molecule has 0 radical (unpaired) electrons. The van der Waals surface area contributed by atoms with E-state index in [1.54, 1.807) is 0 Å². The van der Waals surface area contributed by atoms with E-state index in [9.17, 15) is 0 Å². The van der Waals surface area contributed by atoms with E-state index < -0.39 is 0 Å². The quantitative estimate of drug-likeness (QED) is 0.811. The third kappa shape index (κ3) is 4.44. The molecule has 1 aliphatic heterocycles. The van der Waals surface area contributed by atoms with Crippen molar-refractivity contribution in [3.63, 3.8) is 0 Å². The fourth-order valence-electron chi connectivity index (χ4n) is 2.79. The van der Waals surface area contributed by atoms with Crippen molar-refractivity contribution in [2.75, 3.05) is 24.5 Å². The van der Waals surface area contributed by atoms with Gasteiger partial charge in [-0.05, 0) is 38.1 Å². The smallest absolute Gasteiger partial charge is 0.225 e. The lowest BCUT2D eigenvalue weighted by atomic mass is 9.98. The minimum absolute atomic E-state index is 0.867. The Hall–Kier alpha value is -1.16. The number of hydrogen-bond donors (Lipinski definition) is 1. The van der Waals surface area contributed by atoms with E-state index in [1.807, 2.05) is 12.4 Å². The van der Waals surface area contributed by atoms with Crippen molar-refractivity contribution in [3.05, 3.63) is 18.0 Å². The summed E-state index contributed by atoms with van der Waals surface area (Å²) >= 11 is 0. The standard InChI is InChI=1S/C16H28N4/c1-3-8-17-11-15-12-18-16(19-13-15)20-9-5-6-14(4-2)7-10-20/h12-14,17H,3-11H2,1-2H3. The predicted molar refractivity (Wildman–Crippen MR) is 83.9 cm³/mol. The third-order valence-electron chi connectivity index (χ3n) is 4.16. The van der Waals surface area contributed by atoms with E-state index in [4.69, 9.17) is 0 Å². The Morgan fingerprint density at radius 1 is 1.20 bits per heavy atom. The van der Waals surface area contributed by atoms with Crippen LogP contribution < -0.4 is 10.2 Å². The molecule has 4 heteroatoms. The molecule has 2 heterocycles. The van der Waals surface area contributed by atoms with Crippen LogP contribution in [0.15, 0.2) is 12.4 Å². The molecule has 0 amide bonds. The second-order valence-electron chi connectivity index (χ2n) is 5.76. The van der Waals surface area contributed by atoms with Crippen molar-refractivity contribution in [1.82, 2.24) is 15.3 Å². The van der Waals surface area contributed by atoms with Gasteiger partial charge in [-0.15, -0.1) is 0 Å². The fraction of sp³-hybridized carbons (Fsp3) is 0.750. The normalized spacial score (nSPS) is 19.9. The van der Waals surface area contributed by atoms with Crippen LogP contribution in [0.1, 0.15) is 51.5 Å². The fourth-order valence-corrected chi connectivity index (χ4v) is 2.79. The molecule has 1 aromatic rings. The van der Waals surface area contributed by atoms with Crippen LogP contribution in [0.5, 0.6) is 0 Å². The van der Waals surface area contributed by atoms with Gasteiger partial charge in [0.15, 0.2) is 0 Å². The maximum absolute atomic E-state index is 4.55. The zero-order valence-corrected chi connectivity index (χ0v) is 12.9. The number of aromatic nitrogens is 2. The largest absolute Gasteiger partial charge is 0.341 e. The van der Waals surface area contributed by atoms with Gasteiger partial charge in [-0.25, -0.2) is 9.97 Å². The average Bonchev–Trinajstić information content (AvgIpc) is 2.74. The molecule has 1 N–H and O–H groups in total. The van der Waals surface area contributed by atoms with Gasteiger partial charge in [0.05, 0.1) is 0 Å². The lowest BCUT2D eigenvalue weighted by Gasteiger charge is -2.20. The van der Waals surface area contributed by atoms with E-state index in [1.165, 1.54) is 31.2 Å². The van der Waals surface area contributed by atoms with Crippen molar-refractivity contribution in [1.29, 1.82) is 0 Å². The molecule has 1 unspecified atom stereocenters. The predicted octanol–water partition coefficient (Wildman–Crippen LogP) is 2.99. The van der Waals surface area contributed by atoms with Crippen LogP contribution in [-0.2, 0) is 6.54 Å². The van der Waals surface area contributed by atoms with Crippen LogP contribution in [0.2, 0.25) is 0 Å². The molecule has 4 nitrogen and oxygen atoms in total. The van der Waals surface area contributed by atoms with Crippen molar-refractivity contribution >= 4 is 5.95 Å². The van der Waals surface area contributed by atoms with Gasteiger partial charge < -0.3 is 10.2 Å². The molecule has 0 aromatic carbocycles. The third-order valence-corrected chi connectivity index (χ3v) is 4.16. The summed E-state index contributed by atoms with van der Waals surface area (Å²) < 4.78 is 0. The SMILES string of the molecule is CCCNCc1cnc(N2CCCC(CC)CC2)nc1. The monoisotopic (exact) mass is 276 g/mol. The zero-order valence-electron chi connectivity index (χ0n) is 12.9. The van der Waals surface area contributed by atoms with Crippen LogP contribution in [0.3, 0.4) is 0 Å². The molecule has 112 valence electrons. The molecule has 1 atom stereocenters. The van der Waals surface area contributed by atoms with Gasteiger partial charge in [-0.3, -0.25) is 0 Å². The number of anilines is 1. The summed E-state index contributed by atoms with van der Waals surface area (Å²) in [6.45, 7) is 8.60. The summed E-state index contributed by atoms with van der Waals surface area (Å²) in [6.07, 6.45) is 10.3. The average molecular weight is 276 g/mol. The highest BCUT2D eigenvalue weighted by molar-refractivity contribution is 5.30. The van der Waals surface area contributed by atoms with Crippen LogP contribution in [0.25, 0.3) is 0 Å². The van der Waals surface area contributed by atoms with Crippen LogP contribution in [-0.4, -0.2) is 29.6 Å². The van der Waals surface area contributed by atoms with Crippen molar-refractivity contribution in [2.45, 2.75) is 52.5 Å². The van der Waals surface area contributed by atoms with Gasteiger partial charge in [-0.2, -0.15) is 0 Å². The molecule has 0 saturated carbocycles.